The van der Waals surface area contributed by atoms with E-state index in [4.69, 9.17) is 14.7 Å². The summed E-state index contributed by atoms with van der Waals surface area (Å²) < 4.78 is 5.39. The van der Waals surface area contributed by atoms with E-state index in [1.807, 2.05) is 54.9 Å². The van der Waals surface area contributed by atoms with Crippen molar-refractivity contribution in [3.05, 3.63) is 72.7 Å². The minimum Gasteiger partial charge on any atom is -0.497 e. The first kappa shape index (κ1) is 21.9. The second-order valence-corrected chi connectivity index (χ2v) is 8.40. The average Bonchev–Trinajstić information content (AvgIpc) is 3.55. The molecule has 5 aromatic heterocycles. The maximum Gasteiger partial charge on any atom is 0.161 e. The zero-order valence-electron chi connectivity index (χ0n) is 19.9. The van der Waals surface area contributed by atoms with Crippen LogP contribution < -0.4 is 10.1 Å². The highest BCUT2D eigenvalue weighted by Crippen LogP contribution is 2.31. The lowest BCUT2D eigenvalue weighted by molar-refractivity contribution is 0.415. The van der Waals surface area contributed by atoms with Crippen LogP contribution in [-0.4, -0.2) is 48.8 Å². The number of nitrogens with one attached hydrogen (secondary N) is 3. The molecule has 9 nitrogen and oxygen atoms in total. The van der Waals surface area contributed by atoms with Gasteiger partial charge in [0.1, 0.15) is 16.8 Å². The summed E-state index contributed by atoms with van der Waals surface area (Å²) in [6.07, 6.45) is 5.47. The van der Waals surface area contributed by atoms with Gasteiger partial charge in [0, 0.05) is 36.3 Å². The van der Waals surface area contributed by atoms with Crippen LogP contribution in [0.15, 0.2) is 67.1 Å². The average molecular weight is 477 g/mol. The number of imidazole rings is 1. The number of H-pyrrole nitrogens is 2. The van der Waals surface area contributed by atoms with Crippen LogP contribution in [0.3, 0.4) is 0 Å². The molecule has 0 aliphatic heterocycles. The summed E-state index contributed by atoms with van der Waals surface area (Å²) in [6.45, 7) is 3.75. The molecule has 6 aromatic rings. The number of rotatable bonds is 7. The van der Waals surface area contributed by atoms with Crippen molar-refractivity contribution in [1.82, 2.24) is 40.4 Å². The van der Waals surface area contributed by atoms with E-state index in [9.17, 15) is 0 Å². The van der Waals surface area contributed by atoms with Crippen molar-refractivity contribution in [3.63, 3.8) is 0 Å². The van der Waals surface area contributed by atoms with Crippen LogP contribution in [0.5, 0.6) is 5.75 Å². The van der Waals surface area contributed by atoms with E-state index in [1.165, 1.54) is 0 Å². The van der Waals surface area contributed by atoms with E-state index in [2.05, 4.69) is 43.5 Å². The molecule has 0 saturated heterocycles. The maximum absolute atomic E-state index is 5.39. The molecule has 0 aliphatic carbocycles. The van der Waals surface area contributed by atoms with Crippen molar-refractivity contribution in [3.8, 4) is 39.8 Å². The van der Waals surface area contributed by atoms with Crippen LogP contribution in [0, 0.1) is 0 Å². The molecule has 0 radical (unpaired) electrons. The SMILES string of the molecule is CCNCc1cncc(-c2ccc3[nH]nc(-c4nc5c(-c6cccc(OC)c6)nccc5[nH]4)c3n2)c1. The number of aromatic amines is 2. The Bertz CT molecular complexity index is 1690. The molecule has 0 spiro atoms. The van der Waals surface area contributed by atoms with Crippen molar-refractivity contribution in [2.75, 3.05) is 13.7 Å². The van der Waals surface area contributed by atoms with Gasteiger partial charge in [-0.3, -0.25) is 15.1 Å². The second kappa shape index (κ2) is 9.20. The number of pyridine rings is 3. The molecule has 6 rings (SSSR count). The Morgan fingerprint density at radius 2 is 1.83 bits per heavy atom. The third-order valence-electron chi connectivity index (χ3n) is 6.05. The summed E-state index contributed by atoms with van der Waals surface area (Å²) in [5.74, 6) is 1.39. The minimum atomic E-state index is 0.622. The number of hydrogen-bond donors (Lipinski definition) is 3. The molecule has 5 heterocycles. The summed E-state index contributed by atoms with van der Waals surface area (Å²) in [4.78, 5) is 22.2. The number of hydrogen-bond acceptors (Lipinski definition) is 7. The molecule has 178 valence electrons. The van der Waals surface area contributed by atoms with Gasteiger partial charge in [-0.15, -0.1) is 0 Å². The quantitative estimate of drug-likeness (QED) is 0.304. The molecule has 0 atom stereocenters. The number of ether oxygens (including phenoxy) is 1. The first-order valence-electron chi connectivity index (χ1n) is 11.7. The summed E-state index contributed by atoms with van der Waals surface area (Å²) in [5, 5.41) is 11.0. The van der Waals surface area contributed by atoms with E-state index in [1.54, 1.807) is 13.3 Å². The fourth-order valence-electron chi connectivity index (χ4n) is 4.25. The topological polar surface area (TPSA) is 117 Å². The standard InChI is InChI=1S/C27H24N8O/c1-3-28-13-16-11-18(15-29-14-16)20-7-8-22-25(31-20)26(35-34-22)27-32-21-9-10-30-23(24(21)33-27)17-5-4-6-19(12-17)36-2/h4-12,14-15,28H,3,13H2,1-2H3,(H,32,33)(H,34,35). The Morgan fingerprint density at radius 1 is 0.917 bits per heavy atom. The zero-order chi connectivity index (χ0) is 24.5. The van der Waals surface area contributed by atoms with E-state index >= 15 is 0 Å². The molecule has 0 fully saturated rings. The number of nitrogens with zero attached hydrogens (tertiary/aromatic N) is 5. The first-order chi connectivity index (χ1) is 17.7. The molecule has 36 heavy (non-hydrogen) atoms. The lowest BCUT2D eigenvalue weighted by atomic mass is 10.1. The van der Waals surface area contributed by atoms with Gasteiger partial charge in [-0.25, -0.2) is 9.97 Å². The van der Waals surface area contributed by atoms with Gasteiger partial charge >= 0.3 is 0 Å². The van der Waals surface area contributed by atoms with Crippen LogP contribution in [-0.2, 0) is 6.54 Å². The Morgan fingerprint density at radius 3 is 2.72 bits per heavy atom. The van der Waals surface area contributed by atoms with Crippen LogP contribution >= 0.6 is 0 Å². The molecule has 0 bridgehead atoms. The van der Waals surface area contributed by atoms with E-state index in [-0.39, 0.29) is 0 Å². The molecule has 0 amide bonds. The molecule has 0 aliphatic rings. The number of fused-ring (bicyclic) bond motifs is 2. The summed E-state index contributed by atoms with van der Waals surface area (Å²) >= 11 is 0. The van der Waals surface area contributed by atoms with Gasteiger partial charge in [0.15, 0.2) is 11.5 Å². The van der Waals surface area contributed by atoms with Crippen LogP contribution in [0.25, 0.3) is 56.1 Å². The monoisotopic (exact) mass is 476 g/mol. The molecular formula is C27H24N8O. The fraction of sp³-hybridized carbons (Fsp3) is 0.148. The summed E-state index contributed by atoms with van der Waals surface area (Å²) in [7, 11) is 1.65. The third-order valence-corrected chi connectivity index (χ3v) is 6.05. The highest BCUT2D eigenvalue weighted by molar-refractivity contribution is 5.95. The van der Waals surface area contributed by atoms with E-state index < -0.39 is 0 Å². The third kappa shape index (κ3) is 3.95. The van der Waals surface area contributed by atoms with Gasteiger partial charge in [-0.1, -0.05) is 19.1 Å². The van der Waals surface area contributed by atoms with Gasteiger partial charge in [-0.2, -0.15) is 5.10 Å². The lowest BCUT2D eigenvalue weighted by Crippen LogP contribution is -2.11. The first-order valence-corrected chi connectivity index (χ1v) is 11.7. The Balaban J connectivity index is 1.43. The van der Waals surface area contributed by atoms with E-state index in [0.29, 0.717) is 11.5 Å². The molecule has 0 saturated carbocycles. The smallest absolute Gasteiger partial charge is 0.161 e. The van der Waals surface area contributed by atoms with Gasteiger partial charge < -0.3 is 15.0 Å². The van der Waals surface area contributed by atoms with Crippen molar-refractivity contribution in [1.29, 1.82) is 0 Å². The largest absolute Gasteiger partial charge is 0.497 e. The van der Waals surface area contributed by atoms with Crippen LogP contribution in [0.2, 0.25) is 0 Å². The highest BCUT2D eigenvalue weighted by atomic mass is 16.5. The minimum absolute atomic E-state index is 0.622. The summed E-state index contributed by atoms with van der Waals surface area (Å²) in [5.41, 5.74) is 8.42. The zero-order valence-corrected chi connectivity index (χ0v) is 19.9. The number of methoxy groups -OCH3 is 1. The second-order valence-electron chi connectivity index (χ2n) is 8.40. The van der Waals surface area contributed by atoms with Crippen LogP contribution in [0.4, 0.5) is 0 Å². The Labute approximate surface area is 207 Å². The van der Waals surface area contributed by atoms with Gasteiger partial charge in [-0.05, 0) is 48.5 Å². The fourth-order valence-corrected chi connectivity index (χ4v) is 4.25. The highest BCUT2D eigenvalue weighted by Gasteiger charge is 2.17. The molecule has 9 heteroatoms. The van der Waals surface area contributed by atoms with Crippen molar-refractivity contribution < 1.29 is 4.74 Å². The van der Waals surface area contributed by atoms with E-state index in [0.717, 1.165) is 69.0 Å². The lowest BCUT2D eigenvalue weighted by Gasteiger charge is -2.05. The predicted octanol–water partition coefficient (Wildman–Crippen LogP) is 4.74. The Kier molecular flexibility index (Phi) is 5.59. The molecule has 1 aromatic carbocycles. The Hall–Kier alpha value is -4.63. The summed E-state index contributed by atoms with van der Waals surface area (Å²) in [6, 6.07) is 15.8. The molecular weight excluding hydrogens is 452 g/mol. The maximum atomic E-state index is 5.39. The molecule has 3 N–H and O–H groups in total. The van der Waals surface area contributed by atoms with Gasteiger partial charge in [0.25, 0.3) is 0 Å². The van der Waals surface area contributed by atoms with Crippen LogP contribution in [0.1, 0.15) is 12.5 Å². The number of benzene rings is 1. The van der Waals surface area contributed by atoms with Crippen molar-refractivity contribution >= 4 is 22.1 Å². The predicted molar refractivity (Wildman–Crippen MR) is 139 cm³/mol. The van der Waals surface area contributed by atoms with Crippen molar-refractivity contribution in [2.45, 2.75) is 13.5 Å². The number of aromatic nitrogens is 7. The van der Waals surface area contributed by atoms with Gasteiger partial charge in [0.2, 0.25) is 0 Å². The van der Waals surface area contributed by atoms with Crippen molar-refractivity contribution in [2.24, 2.45) is 0 Å². The normalized spacial score (nSPS) is 11.4. The van der Waals surface area contributed by atoms with Gasteiger partial charge in [0.05, 0.1) is 29.5 Å². The molecule has 0 unspecified atom stereocenters.